The maximum atomic E-state index is 12.1. The van der Waals surface area contributed by atoms with Gasteiger partial charge in [-0.1, -0.05) is 24.3 Å². The maximum absolute atomic E-state index is 12.1. The highest BCUT2D eigenvalue weighted by atomic mass is 16.5. The minimum atomic E-state index is -0.834. The molecule has 156 valence electrons. The molecule has 0 radical (unpaired) electrons. The molecule has 0 aromatic heterocycles. The summed E-state index contributed by atoms with van der Waals surface area (Å²) in [5, 5.41) is 11.9. The van der Waals surface area contributed by atoms with Crippen molar-refractivity contribution in [2.75, 3.05) is 44.6 Å². The van der Waals surface area contributed by atoms with Crippen LogP contribution in [0.2, 0.25) is 0 Å². The van der Waals surface area contributed by atoms with Crippen molar-refractivity contribution < 1.29 is 14.3 Å². The predicted octanol–water partition coefficient (Wildman–Crippen LogP) is 2.59. The lowest BCUT2D eigenvalue weighted by Gasteiger charge is -2.13. The third-order valence-corrected chi connectivity index (χ3v) is 4.34. The average molecular weight is 406 g/mol. The number of hydrogen-bond donors (Lipinski definition) is 1. The third kappa shape index (κ3) is 6.67. The van der Waals surface area contributed by atoms with E-state index in [1.165, 1.54) is 6.08 Å². The monoisotopic (exact) mass is 406 g/mol. The van der Waals surface area contributed by atoms with E-state index in [2.05, 4.69) is 5.32 Å². The molecule has 0 unspecified atom stereocenters. The lowest BCUT2D eigenvalue weighted by Crippen LogP contribution is -2.28. The summed E-state index contributed by atoms with van der Waals surface area (Å²) >= 11 is 0. The van der Waals surface area contributed by atoms with E-state index in [0.717, 1.165) is 16.9 Å². The van der Waals surface area contributed by atoms with E-state index in [1.54, 1.807) is 12.1 Å². The molecule has 1 amide bonds. The second-order valence-corrected chi connectivity index (χ2v) is 7.07. The summed E-state index contributed by atoms with van der Waals surface area (Å²) in [5.74, 6) is -1.27. The molecular formula is C23H26N4O3. The van der Waals surface area contributed by atoms with Crippen LogP contribution < -0.4 is 15.1 Å². The number of ether oxygens (including phenoxy) is 1. The first-order valence-corrected chi connectivity index (χ1v) is 9.39. The zero-order valence-corrected chi connectivity index (χ0v) is 17.7. The number of carbonyl (C=O) groups excluding carboxylic acids is 2. The van der Waals surface area contributed by atoms with Crippen LogP contribution in [0.4, 0.5) is 11.4 Å². The molecule has 0 saturated heterocycles. The van der Waals surface area contributed by atoms with E-state index < -0.39 is 18.5 Å². The number of benzene rings is 2. The van der Waals surface area contributed by atoms with Gasteiger partial charge in [-0.25, -0.2) is 4.79 Å². The minimum absolute atomic E-state index is 0.167. The van der Waals surface area contributed by atoms with Crippen LogP contribution in [-0.4, -0.2) is 46.7 Å². The van der Waals surface area contributed by atoms with E-state index in [1.807, 2.05) is 80.5 Å². The summed E-state index contributed by atoms with van der Waals surface area (Å²) in [7, 11) is 7.75. The summed E-state index contributed by atoms with van der Waals surface area (Å²) in [4.78, 5) is 28.0. The summed E-state index contributed by atoms with van der Waals surface area (Å²) in [6, 6.07) is 16.9. The van der Waals surface area contributed by atoms with Gasteiger partial charge in [-0.15, -0.1) is 0 Å². The first-order chi connectivity index (χ1) is 14.3. The number of nitriles is 1. The smallest absolute Gasteiger partial charge is 0.349 e. The summed E-state index contributed by atoms with van der Waals surface area (Å²) in [6.45, 7) is -0.129. The lowest BCUT2D eigenvalue weighted by atomic mass is 10.1. The van der Waals surface area contributed by atoms with Crippen LogP contribution in [0.5, 0.6) is 0 Å². The van der Waals surface area contributed by atoms with Crippen molar-refractivity contribution >= 4 is 29.3 Å². The zero-order valence-electron chi connectivity index (χ0n) is 17.7. The fourth-order valence-electron chi connectivity index (χ4n) is 2.54. The summed E-state index contributed by atoms with van der Waals surface area (Å²) in [6.07, 6.45) is 1.44. The number of carbonyl (C=O) groups is 2. The highest BCUT2D eigenvalue weighted by molar-refractivity contribution is 5.98. The summed E-state index contributed by atoms with van der Waals surface area (Å²) < 4.78 is 4.97. The Bertz CT molecular complexity index is 940. The Morgan fingerprint density at radius 1 is 0.967 bits per heavy atom. The van der Waals surface area contributed by atoms with Crippen molar-refractivity contribution in [2.24, 2.45) is 0 Å². The average Bonchev–Trinajstić information content (AvgIpc) is 2.74. The molecule has 7 heteroatoms. The zero-order chi connectivity index (χ0) is 22.1. The number of esters is 1. The largest absolute Gasteiger partial charge is 0.451 e. The van der Waals surface area contributed by atoms with Gasteiger partial charge in [0.1, 0.15) is 11.6 Å². The van der Waals surface area contributed by atoms with E-state index in [-0.39, 0.29) is 5.57 Å². The van der Waals surface area contributed by atoms with Gasteiger partial charge in [0.05, 0.1) is 0 Å². The maximum Gasteiger partial charge on any atom is 0.349 e. The van der Waals surface area contributed by atoms with Gasteiger partial charge in [0.25, 0.3) is 5.91 Å². The number of nitrogens with one attached hydrogen (secondary N) is 1. The van der Waals surface area contributed by atoms with Gasteiger partial charge in [-0.3, -0.25) is 4.79 Å². The molecule has 2 rings (SSSR count). The fraction of sp³-hybridized carbons (Fsp3) is 0.261. The van der Waals surface area contributed by atoms with E-state index in [9.17, 15) is 14.9 Å². The molecular weight excluding hydrogens is 380 g/mol. The standard InChI is InChI=1S/C23H26N4O3/c1-26(2)20-9-5-17(6-10-20)13-19(14-24)23(29)30-16-22(28)25-15-18-7-11-21(12-8-18)27(3)4/h5-13H,15-16H2,1-4H3,(H,25,28)/b19-13+. The molecule has 0 aliphatic heterocycles. The number of amides is 1. The van der Waals surface area contributed by atoms with Crippen LogP contribution in [0.1, 0.15) is 11.1 Å². The van der Waals surface area contributed by atoms with Gasteiger partial charge in [0.2, 0.25) is 0 Å². The molecule has 0 spiro atoms. The Hall–Kier alpha value is -3.79. The molecule has 2 aromatic carbocycles. The van der Waals surface area contributed by atoms with Gasteiger partial charge in [0, 0.05) is 46.1 Å². The highest BCUT2D eigenvalue weighted by Gasteiger charge is 2.13. The Morgan fingerprint density at radius 2 is 1.50 bits per heavy atom. The first-order valence-electron chi connectivity index (χ1n) is 9.39. The van der Waals surface area contributed by atoms with Crippen LogP contribution >= 0.6 is 0 Å². The van der Waals surface area contributed by atoms with Crippen molar-refractivity contribution in [3.05, 3.63) is 65.2 Å². The molecule has 1 N–H and O–H groups in total. The normalized spacial score (nSPS) is 10.7. The number of anilines is 2. The Balaban J connectivity index is 1.86. The number of nitrogens with zero attached hydrogens (tertiary/aromatic N) is 3. The first kappa shape index (κ1) is 22.5. The van der Waals surface area contributed by atoms with Gasteiger partial charge in [-0.2, -0.15) is 5.26 Å². The second kappa shape index (κ2) is 10.7. The topological polar surface area (TPSA) is 85.7 Å². The van der Waals surface area contributed by atoms with Crippen LogP contribution in [0, 0.1) is 11.3 Å². The van der Waals surface area contributed by atoms with Crippen molar-refractivity contribution in [3.63, 3.8) is 0 Å². The molecule has 0 saturated carbocycles. The molecule has 2 aromatic rings. The Morgan fingerprint density at radius 3 is 2.00 bits per heavy atom. The van der Waals surface area contributed by atoms with E-state index in [4.69, 9.17) is 4.74 Å². The Labute approximate surface area is 177 Å². The van der Waals surface area contributed by atoms with E-state index >= 15 is 0 Å². The van der Waals surface area contributed by atoms with Crippen molar-refractivity contribution in [1.82, 2.24) is 5.32 Å². The molecule has 30 heavy (non-hydrogen) atoms. The van der Waals surface area contributed by atoms with Crippen molar-refractivity contribution in [2.45, 2.75) is 6.54 Å². The number of hydrogen-bond acceptors (Lipinski definition) is 6. The third-order valence-electron chi connectivity index (χ3n) is 4.34. The number of rotatable bonds is 8. The van der Waals surface area contributed by atoms with Crippen molar-refractivity contribution in [1.29, 1.82) is 5.26 Å². The van der Waals surface area contributed by atoms with Crippen LogP contribution in [0.25, 0.3) is 6.08 Å². The highest BCUT2D eigenvalue weighted by Crippen LogP contribution is 2.15. The molecule has 0 aliphatic rings. The predicted molar refractivity (Wildman–Crippen MR) is 118 cm³/mol. The van der Waals surface area contributed by atoms with Gasteiger partial charge < -0.3 is 19.9 Å². The summed E-state index contributed by atoms with van der Waals surface area (Å²) in [5.41, 5.74) is 3.52. The minimum Gasteiger partial charge on any atom is -0.451 e. The quantitative estimate of drug-likeness (QED) is 0.412. The molecule has 0 aliphatic carbocycles. The van der Waals surface area contributed by atoms with Gasteiger partial charge in [-0.05, 0) is 41.5 Å². The molecule has 7 nitrogen and oxygen atoms in total. The fourth-order valence-corrected chi connectivity index (χ4v) is 2.54. The SMILES string of the molecule is CN(C)c1ccc(/C=C(\C#N)C(=O)OCC(=O)NCc2ccc(N(C)C)cc2)cc1. The molecule has 0 heterocycles. The van der Waals surface area contributed by atoms with Crippen LogP contribution in [-0.2, 0) is 20.9 Å². The lowest BCUT2D eigenvalue weighted by molar-refractivity contribution is -0.144. The van der Waals surface area contributed by atoms with Gasteiger partial charge in [0.15, 0.2) is 6.61 Å². The van der Waals surface area contributed by atoms with E-state index in [0.29, 0.717) is 12.1 Å². The molecule has 0 fully saturated rings. The van der Waals surface area contributed by atoms with Gasteiger partial charge >= 0.3 is 5.97 Å². The van der Waals surface area contributed by atoms with Crippen LogP contribution in [0.3, 0.4) is 0 Å². The molecule has 0 atom stereocenters. The Kier molecular flexibility index (Phi) is 8.00. The second-order valence-electron chi connectivity index (χ2n) is 7.07. The van der Waals surface area contributed by atoms with Crippen molar-refractivity contribution in [3.8, 4) is 6.07 Å². The molecule has 0 bridgehead atoms. The van der Waals surface area contributed by atoms with Crippen LogP contribution in [0.15, 0.2) is 54.1 Å².